The minimum Gasteiger partial charge on any atom is -0.487 e. The van der Waals surface area contributed by atoms with Gasteiger partial charge in [0.05, 0.1) is 6.20 Å². The first kappa shape index (κ1) is 12.2. The quantitative estimate of drug-likeness (QED) is 0.782. The molecule has 1 aromatic carbocycles. The molecule has 1 heterocycles. The maximum Gasteiger partial charge on any atom is 0.168 e. The normalized spacial score (nSPS) is 10.1. The van der Waals surface area contributed by atoms with Crippen molar-refractivity contribution in [1.29, 1.82) is 0 Å². The number of hydrogen-bond acceptors (Lipinski definition) is 3. The van der Waals surface area contributed by atoms with Gasteiger partial charge in [0, 0.05) is 5.56 Å². The summed E-state index contributed by atoms with van der Waals surface area (Å²) >= 11 is 0. The van der Waals surface area contributed by atoms with Gasteiger partial charge in [-0.3, -0.25) is 4.79 Å². The highest BCUT2D eigenvalue weighted by Gasteiger charge is 2.08. The Morgan fingerprint density at radius 3 is 2.72 bits per heavy atom. The lowest BCUT2D eigenvalue weighted by molar-refractivity contribution is 0.111. The number of aldehydes is 1. The molecule has 0 atom stereocenters. The van der Waals surface area contributed by atoms with Crippen molar-refractivity contribution in [1.82, 2.24) is 4.98 Å². The van der Waals surface area contributed by atoms with Gasteiger partial charge in [-0.05, 0) is 18.2 Å². The number of benzene rings is 1. The topological polar surface area (TPSA) is 39.2 Å². The molecule has 2 rings (SSSR count). The van der Waals surface area contributed by atoms with Gasteiger partial charge in [0.1, 0.15) is 18.1 Å². The van der Waals surface area contributed by atoms with Crippen molar-refractivity contribution in [2.24, 2.45) is 0 Å². The monoisotopic (exact) mass is 249 g/mol. The third-order valence-corrected chi connectivity index (χ3v) is 2.31. The zero-order valence-corrected chi connectivity index (χ0v) is 9.27. The van der Waals surface area contributed by atoms with Crippen molar-refractivity contribution in [3.63, 3.8) is 0 Å². The first-order valence-electron chi connectivity index (χ1n) is 5.17. The number of rotatable bonds is 4. The highest BCUT2D eigenvalue weighted by Crippen LogP contribution is 2.15. The van der Waals surface area contributed by atoms with Gasteiger partial charge in [0.15, 0.2) is 17.9 Å². The predicted molar refractivity (Wildman–Crippen MR) is 60.3 cm³/mol. The van der Waals surface area contributed by atoms with Crippen molar-refractivity contribution in [3.05, 3.63) is 59.4 Å². The number of halogens is 2. The Morgan fingerprint density at radius 2 is 2.06 bits per heavy atom. The van der Waals surface area contributed by atoms with E-state index in [1.807, 2.05) is 0 Å². The molecule has 0 saturated carbocycles. The number of ether oxygens (including phenoxy) is 1. The summed E-state index contributed by atoms with van der Waals surface area (Å²) in [6.07, 6.45) is 1.96. The van der Waals surface area contributed by atoms with Crippen LogP contribution in [0.1, 0.15) is 16.1 Å². The van der Waals surface area contributed by atoms with E-state index in [1.165, 1.54) is 30.5 Å². The van der Waals surface area contributed by atoms with Crippen LogP contribution in [0.15, 0.2) is 36.5 Å². The van der Waals surface area contributed by atoms with Gasteiger partial charge in [0.25, 0.3) is 0 Å². The minimum absolute atomic E-state index is 0.105. The van der Waals surface area contributed by atoms with E-state index in [9.17, 15) is 13.6 Å². The van der Waals surface area contributed by atoms with Gasteiger partial charge >= 0.3 is 0 Å². The molecular formula is C13H9F2NO2. The molecule has 0 aliphatic heterocycles. The molecule has 0 spiro atoms. The van der Waals surface area contributed by atoms with Crippen molar-refractivity contribution in [2.45, 2.75) is 6.61 Å². The summed E-state index contributed by atoms with van der Waals surface area (Å²) in [5, 5.41) is 0. The summed E-state index contributed by atoms with van der Waals surface area (Å²) in [5.41, 5.74) is 0.397. The molecule has 0 radical (unpaired) electrons. The van der Waals surface area contributed by atoms with E-state index in [-0.39, 0.29) is 17.9 Å². The van der Waals surface area contributed by atoms with Crippen LogP contribution in [-0.2, 0) is 6.61 Å². The fourth-order valence-electron chi connectivity index (χ4n) is 1.37. The average Bonchev–Trinajstić information content (AvgIpc) is 2.41. The zero-order valence-electron chi connectivity index (χ0n) is 9.27. The molecule has 0 amide bonds. The second-order valence-electron chi connectivity index (χ2n) is 3.54. The van der Waals surface area contributed by atoms with Crippen LogP contribution in [0.4, 0.5) is 8.78 Å². The first-order chi connectivity index (χ1) is 8.70. The van der Waals surface area contributed by atoms with E-state index >= 15 is 0 Å². The average molecular weight is 249 g/mol. The van der Waals surface area contributed by atoms with Crippen molar-refractivity contribution >= 4 is 6.29 Å². The van der Waals surface area contributed by atoms with Crippen LogP contribution < -0.4 is 4.74 Å². The fourth-order valence-corrected chi connectivity index (χ4v) is 1.37. The van der Waals surface area contributed by atoms with E-state index < -0.39 is 11.6 Å². The summed E-state index contributed by atoms with van der Waals surface area (Å²) < 4.78 is 31.5. The standard InChI is InChI=1S/C13H9F2NO2/c14-12-3-1-2-9(13(12)15)8-18-11-5-4-10(7-17)16-6-11/h1-7H,8H2. The highest BCUT2D eigenvalue weighted by atomic mass is 19.2. The Balaban J connectivity index is 2.06. The lowest BCUT2D eigenvalue weighted by Gasteiger charge is -2.07. The van der Waals surface area contributed by atoms with Crippen LogP contribution in [0.3, 0.4) is 0 Å². The maximum atomic E-state index is 13.3. The molecule has 1 aromatic heterocycles. The minimum atomic E-state index is -0.921. The van der Waals surface area contributed by atoms with Gasteiger partial charge in [0.2, 0.25) is 0 Å². The molecule has 92 valence electrons. The van der Waals surface area contributed by atoms with E-state index in [2.05, 4.69) is 4.98 Å². The first-order valence-corrected chi connectivity index (χ1v) is 5.17. The highest BCUT2D eigenvalue weighted by molar-refractivity contribution is 5.71. The number of carbonyl (C=O) groups excluding carboxylic acids is 1. The van der Waals surface area contributed by atoms with Crippen LogP contribution in [-0.4, -0.2) is 11.3 Å². The Hall–Kier alpha value is -2.30. The lowest BCUT2D eigenvalue weighted by Crippen LogP contribution is -2.00. The van der Waals surface area contributed by atoms with Gasteiger partial charge in [-0.2, -0.15) is 0 Å². The number of pyridine rings is 1. The van der Waals surface area contributed by atoms with Crippen LogP contribution in [0.25, 0.3) is 0 Å². The van der Waals surface area contributed by atoms with E-state index in [0.29, 0.717) is 12.0 Å². The van der Waals surface area contributed by atoms with Crippen LogP contribution in [0, 0.1) is 11.6 Å². The Labute approximate surface area is 102 Å². The largest absolute Gasteiger partial charge is 0.487 e. The second kappa shape index (κ2) is 5.35. The van der Waals surface area contributed by atoms with Gasteiger partial charge < -0.3 is 4.74 Å². The zero-order chi connectivity index (χ0) is 13.0. The van der Waals surface area contributed by atoms with Crippen molar-refractivity contribution < 1.29 is 18.3 Å². The van der Waals surface area contributed by atoms with E-state index in [0.717, 1.165) is 6.07 Å². The SMILES string of the molecule is O=Cc1ccc(OCc2cccc(F)c2F)cn1. The van der Waals surface area contributed by atoms with E-state index in [1.54, 1.807) is 0 Å². The number of hydrogen-bond donors (Lipinski definition) is 0. The molecule has 0 saturated heterocycles. The molecule has 0 unspecified atom stereocenters. The van der Waals surface area contributed by atoms with Gasteiger partial charge in [-0.1, -0.05) is 12.1 Å². The van der Waals surface area contributed by atoms with Crippen LogP contribution >= 0.6 is 0 Å². The summed E-state index contributed by atoms with van der Waals surface area (Å²) in [7, 11) is 0. The Morgan fingerprint density at radius 1 is 1.22 bits per heavy atom. The second-order valence-corrected chi connectivity index (χ2v) is 3.54. The molecule has 3 nitrogen and oxygen atoms in total. The molecule has 0 aliphatic carbocycles. The predicted octanol–water partition coefficient (Wildman–Crippen LogP) is 2.75. The molecule has 0 N–H and O–H groups in total. The van der Waals surface area contributed by atoms with Gasteiger partial charge in [-0.15, -0.1) is 0 Å². The third-order valence-electron chi connectivity index (χ3n) is 2.31. The summed E-state index contributed by atoms with van der Waals surface area (Å²) in [4.78, 5) is 14.2. The van der Waals surface area contributed by atoms with Crippen molar-refractivity contribution in [3.8, 4) is 5.75 Å². The van der Waals surface area contributed by atoms with Crippen LogP contribution in [0.5, 0.6) is 5.75 Å². The fraction of sp³-hybridized carbons (Fsp3) is 0.0769. The molecule has 0 bridgehead atoms. The molecular weight excluding hydrogens is 240 g/mol. The summed E-state index contributed by atoms with van der Waals surface area (Å²) in [6, 6.07) is 6.90. The summed E-state index contributed by atoms with van der Waals surface area (Å²) in [6.45, 7) is -0.105. The molecule has 0 fully saturated rings. The summed E-state index contributed by atoms with van der Waals surface area (Å²) in [5.74, 6) is -1.45. The molecule has 2 aromatic rings. The smallest absolute Gasteiger partial charge is 0.168 e. The Kier molecular flexibility index (Phi) is 3.62. The third kappa shape index (κ3) is 2.68. The molecule has 18 heavy (non-hydrogen) atoms. The number of nitrogens with zero attached hydrogens (tertiary/aromatic N) is 1. The van der Waals surface area contributed by atoms with Crippen LogP contribution in [0.2, 0.25) is 0 Å². The number of aromatic nitrogens is 1. The number of carbonyl (C=O) groups is 1. The molecule has 5 heteroatoms. The maximum absolute atomic E-state index is 13.3. The van der Waals surface area contributed by atoms with E-state index in [4.69, 9.17) is 4.74 Å². The Bertz CT molecular complexity index is 555. The van der Waals surface area contributed by atoms with Gasteiger partial charge in [-0.25, -0.2) is 13.8 Å². The van der Waals surface area contributed by atoms with Crippen molar-refractivity contribution in [2.75, 3.05) is 0 Å². The molecule has 0 aliphatic rings. The lowest BCUT2D eigenvalue weighted by atomic mass is 10.2.